The molecule has 1 atom stereocenters. The number of hydrogen-bond acceptors (Lipinski definition) is 4. The van der Waals surface area contributed by atoms with Crippen LogP contribution in [0, 0.1) is 6.92 Å². The minimum atomic E-state index is 0.580. The lowest BCUT2D eigenvalue weighted by atomic mass is 10.3. The van der Waals surface area contributed by atoms with E-state index in [9.17, 15) is 0 Å². The highest BCUT2D eigenvalue weighted by Crippen LogP contribution is 2.11. The van der Waals surface area contributed by atoms with Gasteiger partial charge in [-0.1, -0.05) is 0 Å². The third-order valence-electron chi connectivity index (χ3n) is 1.87. The van der Waals surface area contributed by atoms with E-state index in [0.29, 0.717) is 6.04 Å². The Morgan fingerprint density at radius 1 is 1.69 bits per heavy atom. The summed E-state index contributed by atoms with van der Waals surface area (Å²) in [5.41, 5.74) is 3.07. The zero-order valence-corrected chi connectivity index (χ0v) is 9.97. The van der Waals surface area contributed by atoms with E-state index in [1.54, 1.807) is 11.3 Å². The molecule has 13 heavy (non-hydrogen) atoms. The van der Waals surface area contributed by atoms with Gasteiger partial charge < -0.3 is 5.32 Å². The lowest BCUT2D eigenvalue weighted by Gasteiger charge is -2.11. The third-order valence-corrected chi connectivity index (χ3v) is 3.64. The second kappa shape index (κ2) is 5.62. The van der Waals surface area contributed by atoms with Crippen LogP contribution in [0.4, 0.5) is 0 Å². The molecule has 1 rings (SSSR count). The summed E-state index contributed by atoms with van der Waals surface area (Å²) in [6.45, 7) is 5.23. The topological polar surface area (TPSA) is 24.9 Å². The van der Waals surface area contributed by atoms with Gasteiger partial charge in [0.2, 0.25) is 0 Å². The molecule has 4 heteroatoms. The molecular formula is C9H16N2S2. The smallest absolute Gasteiger partial charge is 0.0798 e. The van der Waals surface area contributed by atoms with Crippen molar-refractivity contribution in [2.75, 3.05) is 12.0 Å². The largest absolute Gasteiger partial charge is 0.308 e. The van der Waals surface area contributed by atoms with E-state index in [2.05, 4.69) is 30.4 Å². The molecule has 0 saturated carbocycles. The van der Waals surface area contributed by atoms with Gasteiger partial charge in [0, 0.05) is 23.2 Å². The Bertz CT molecular complexity index is 248. The van der Waals surface area contributed by atoms with Crippen molar-refractivity contribution in [2.24, 2.45) is 0 Å². The Morgan fingerprint density at radius 2 is 2.46 bits per heavy atom. The standard InChI is InChI=1S/C9H16N2S2/c1-7(5-12-3)10-4-9-8(2)11-6-13-9/h6-7,10H,4-5H2,1-3H3. The summed E-state index contributed by atoms with van der Waals surface area (Å²) in [6, 6.07) is 0.580. The molecule has 0 aliphatic carbocycles. The number of hydrogen-bond donors (Lipinski definition) is 1. The van der Waals surface area contributed by atoms with E-state index < -0.39 is 0 Å². The maximum Gasteiger partial charge on any atom is 0.0798 e. The number of rotatable bonds is 5. The molecule has 1 aromatic rings. The highest BCUT2D eigenvalue weighted by molar-refractivity contribution is 7.98. The van der Waals surface area contributed by atoms with E-state index >= 15 is 0 Å². The first kappa shape index (κ1) is 11.0. The second-order valence-corrected chi connectivity index (χ2v) is 4.95. The highest BCUT2D eigenvalue weighted by atomic mass is 32.2. The molecule has 0 aliphatic rings. The average molecular weight is 216 g/mol. The Labute approximate surface area is 88.2 Å². The van der Waals surface area contributed by atoms with Crippen molar-refractivity contribution in [1.82, 2.24) is 10.3 Å². The van der Waals surface area contributed by atoms with Crippen LogP contribution in [0.1, 0.15) is 17.5 Å². The molecule has 0 spiro atoms. The summed E-state index contributed by atoms with van der Waals surface area (Å²) in [4.78, 5) is 5.57. The summed E-state index contributed by atoms with van der Waals surface area (Å²) < 4.78 is 0. The van der Waals surface area contributed by atoms with Crippen LogP contribution in [0.5, 0.6) is 0 Å². The Kier molecular flexibility index (Phi) is 4.77. The number of nitrogens with zero attached hydrogens (tertiary/aromatic N) is 1. The van der Waals surface area contributed by atoms with Crippen LogP contribution in [0.2, 0.25) is 0 Å². The lowest BCUT2D eigenvalue weighted by molar-refractivity contribution is 0.599. The normalized spacial score (nSPS) is 13.2. The molecule has 1 aromatic heterocycles. The molecule has 0 fully saturated rings. The van der Waals surface area contributed by atoms with Crippen molar-refractivity contribution in [2.45, 2.75) is 26.4 Å². The van der Waals surface area contributed by atoms with Crippen LogP contribution in [0.15, 0.2) is 5.51 Å². The molecule has 0 saturated heterocycles. The quantitative estimate of drug-likeness (QED) is 0.817. The lowest BCUT2D eigenvalue weighted by Crippen LogP contribution is -2.27. The van der Waals surface area contributed by atoms with Gasteiger partial charge in [0.05, 0.1) is 11.2 Å². The Hall–Kier alpha value is -0.0600. The SMILES string of the molecule is CSCC(C)NCc1scnc1C. The molecule has 0 amide bonds. The summed E-state index contributed by atoms with van der Waals surface area (Å²) >= 11 is 3.61. The molecule has 74 valence electrons. The number of nitrogens with one attached hydrogen (secondary N) is 1. The van der Waals surface area contributed by atoms with Gasteiger partial charge in [-0.15, -0.1) is 11.3 Å². The molecule has 1 heterocycles. The number of aromatic nitrogens is 1. The first-order valence-corrected chi connectivity index (χ1v) is 6.62. The summed E-state index contributed by atoms with van der Waals surface area (Å²) in [5, 5.41) is 3.48. The van der Waals surface area contributed by atoms with Gasteiger partial charge in [0.1, 0.15) is 0 Å². The van der Waals surface area contributed by atoms with Crippen LogP contribution in [0.25, 0.3) is 0 Å². The van der Waals surface area contributed by atoms with Crippen molar-refractivity contribution >= 4 is 23.1 Å². The Morgan fingerprint density at radius 3 is 3.00 bits per heavy atom. The molecule has 0 bridgehead atoms. The van der Waals surface area contributed by atoms with Crippen molar-refractivity contribution in [3.63, 3.8) is 0 Å². The number of thioether (sulfide) groups is 1. The maximum atomic E-state index is 4.21. The van der Waals surface area contributed by atoms with E-state index in [-0.39, 0.29) is 0 Å². The van der Waals surface area contributed by atoms with Crippen LogP contribution >= 0.6 is 23.1 Å². The van der Waals surface area contributed by atoms with Gasteiger partial charge in [-0.2, -0.15) is 11.8 Å². The van der Waals surface area contributed by atoms with Crippen molar-refractivity contribution in [3.8, 4) is 0 Å². The monoisotopic (exact) mass is 216 g/mol. The zero-order valence-electron chi connectivity index (χ0n) is 8.33. The van der Waals surface area contributed by atoms with Crippen molar-refractivity contribution in [3.05, 3.63) is 16.1 Å². The summed E-state index contributed by atoms with van der Waals surface area (Å²) in [6.07, 6.45) is 2.14. The number of aryl methyl sites for hydroxylation is 1. The van der Waals surface area contributed by atoms with Crippen LogP contribution in [-0.4, -0.2) is 23.0 Å². The first-order valence-electron chi connectivity index (χ1n) is 4.35. The highest BCUT2D eigenvalue weighted by Gasteiger charge is 2.03. The molecule has 0 aliphatic heterocycles. The van der Waals surface area contributed by atoms with Crippen molar-refractivity contribution in [1.29, 1.82) is 0 Å². The summed E-state index contributed by atoms with van der Waals surface area (Å²) in [7, 11) is 0. The predicted molar refractivity (Wildman–Crippen MR) is 61.5 cm³/mol. The van der Waals surface area contributed by atoms with Crippen LogP contribution < -0.4 is 5.32 Å². The molecule has 1 unspecified atom stereocenters. The fourth-order valence-corrected chi connectivity index (χ4v) is 2.42. The minimum absolute atomic E-state index is 0.580. The molecular weight excluding hydrogens is 200 g/mol. The fourth-order valence-electron chi connectivity index (χ4n) is 1.07. The molecule has 0 aromatic carbocycles. The van der Waals surface area contributed by atoms with Crippen LogP contribution in [0.3, 0.4) is 0 Å². The van der Waals surface area contributed by atoms with Gasteiger partial charge in [0.25, 0.3) is 0 Å². The number of thiazole rings is 1. The minimum Gasteiger partial charge on any atom is -0.308 e. The third kappa shape index (κ3) is 3.67. The van der Waals surface area contributed by atoms with Gasteiger partial charge in [-0.25, -0.2) is 4.98 Å². The Balaban J connectivity index is 2.30. The van der Waals surface area contributed by atoms with Crippen molar-refractivity contribution < 1.29 is 0 Å². The van der Waals surface area contributed by atoms with E-state index in [1.807, 2.05) is 17.3 Å². The predicted octanol–water partition coefficient (Wildman–Crippen LogP) is 2.29. The van der Waals surface area contributed by atoms with E-state index in [0.717, 1.165) is 18.0 Å². The van der Waals surface area contributed by atoms with E-state index in [1.165, 1.54) is 4.88 Å². The van der Waals surface area contributed by atoms with Gasteiger partial charge >= 0.3 is 0 Å². The second-order valence-electron chi connectivity index (χ2n) is 3.10. The average Bonchev–Trinajstić information content (AvgIpc) is 2.48. The maximum absolute atomic E-state index is 4.21. The summed E-state index contributed by atoms with van der Waals surface area (Å²) in [5.74, 6) is 1.16. The van der Waals surface area contributed by atoms with Gasteiger partial charge in [-0.3, -0.25) is 0 Å². The zero-order chi connectivity index (χ0) is 9.68. The van der Waals surface area contributed by atoms with Gasteiger partial charge in [-0.05, 0) is 20.1 Å². The fraction of sp³-hybridized carbons (Fsp3) is 0.667. The first-order chi connectivity index (χ1) is 6.24. The van der Waals surface area contributed by atoms with Crippen LogP contribution in [-0.2, 0) is 6.54 Å². The molecule has 2 nitrogen and oxygen atoms in total. The van der Waals surface area contributed by atoms with Gasteiger partial charge in [0.15, 0.2) is 0 Å². The van der Waals surface area contributed by atoms with E-state index in [4.69, 9.17) is 0 Å². The molecule has 0 radical (unpaired) electrons. The molecule has 1 N–H and O–H groups in total.